The summed E-state index contributed by atoms with van der Waals surface area (Å²) < 4.78 is 29.9. The number of hydrogen-bond acceptors (Lipinski definition) is 5. The minimum atomic E-state index is -0.286. The molecule has 1 heterocycles. The molecule has 6 nitrogen and oxygen atoms in total. The molecule has 1 amide bonds. The Labute approximate surface area is 186 Å². The smallest absolute Gasteiger partial charge is 0.254 e. The minimum absolute atomic E-state index is 0.0863. The van der Waals surface area contributed by atoms with E-state index in [0.29, 0.717) is 48.4 Å². The number of benzene rings is 2. The molecule has 2 aromatic carbocycles. The third-order valence-corrected chi connectivity index (χ3v) is 5.71. The summed E-state index contributed by atoms with van der Waals surface area (Å²) in [6.45, 7) is 5.12. The number of ether oxygens (including phenoxy) is 2. The van der Waals surface area contributed by atoms with Crippen LogP contribution in [0, 0.1) is 25.6 Å². The van der Waals surface area contributed by atoms with E-state index in [1.807, 2.05) is 18.7 Å². The van der Waals surface area contributed by atoms with E-state index >= 15 is 0 Å². The first-order chi connectivity index (χ1) is 15.4. The van der Waals surface area contributed by atoms with Crippen LogP contribution in [0.15, 0.2) is 47.0 Å². The van der Waals surface area contributed by atoms with Gasteiger partial charge in [0.05, 0.1) is 18.4 Å². The number of aromatic nitrogens is 1. The summed E-state index contributed by atoms with van der Waals surface area (Å²) in [5, 5.41) is 3.94. The number of methoxy groups -OCH3 is 1. The lowest BCUT2D eigenvalue weighted by Crippen LogP contribution is -2.32. The van der Waals surface area contributed by atoms with Crippen LogP contribution < -0.4 is 9.47 Å². The highest BCUT2D eigenvalue weighted by Gasteiger charge is 2.28. The Morgan fingerprint density at radius 1 is 1.16 bits per heavy atom. The quantitative estimate of drug-likeness (QED) is 0.467. The van der Waals surface area contributed by atoms with Crippen molar-refractivity contribution in [3.8, 4) is 11.5 Å². The molecule has 1 aromatic heterocycles. The first kappa shape index (κ1) is 21.9. The first-order valence-electron chi connectivity index (χ1n) is 10.7. The second kappa shape index (κ2) is 9.42. The van der Waals surface area contributed by atoms with Gasteiger partial charge in [-0.2, -0.15) is 0 Å². The van der Waals surface area contributed by atoms with Crippen molar-refractivity contribution in [3.05, 3.63) is 76.4 Å². The summed E-state index contributed by atoms with van der Waals surface area (Å²) in [6.07, 6.45) is 2.26. The Morgan fingerprint density at radius 2 is 1.91 bits per heavy atom. The van der Waals surface area contributed by atoms with E-state index in [-0.39, 0.29) is 11.7 Å². The third-order valence-electron chi connectivity index (χ3n) is 5.71. The average molecular weight is 438 g/mol. The van der Waals surface area contributed by atoms with Gasteiger partial charge in [0.25, 0.3) is 5.91 Å². The molecule has 1 fully saturated rings. The van der Waals surface area contributed by atoms with Crippen molar-refractivity contribution in [2.75, 3.05) is 13.7 Å². The Bertz CT molecular complexity index is 1070. The maximum absolute atomic E-state index is 13.3. The molecule has 32 heavy (non-hydrogen) atoms. The Hall–Kier alpha value is -3.35. The number of aryl methyl sites for hydroxylation is 2. The van der Waals surface area contributed by atoms with Crippen molar-refractivity contribution in [2.24, 2.45) is 5.92 Å². The van der Waals surface area contributed by atoms with Gasteiger partial charge >= 0.3 is 0 Å². The Balaban J connectivity index is 1.51. The fraction of sp³-hybridized carbons (Fsp3) is 0.360. The number of carbonyl (C=O) groups is 1. The first-order valence-corrected chi connectivity index (χ1v) is 10.7. The van der Waals surface area contributed by atoms with E-state index < -0.39 is 0 Å². The summed E-state index contributed by atoms with van der Waals surface area (Å²) in [5.74, 6) is 1.89. The van der Waals surface area contributed by atoms with Gasteiger partial charge in [0.2, 0.25) is 0 Å². The fourth-order valence-corrected chi connectivity index (χ4v) is 3.60. The van der Waals surface area contributed by atoms with Gasteiger partial charge in [-0.25, -0.2) is 4.39 Å². The van der Waals surface area contributed by atoms with Crippen LogP contribution in [-0.2, 0) is 13.2 Å². The second-order valence-electron chi connectivity index (χ2n) is 8.21. The molecular weight excluding hydrogens is 411 g/mol. The lowest BCUT2D eigenvalue weighted by atomic mass is 10.1. The fourth-order valence-electron chi connectivity index (χ4n) is 3.60. The molecule has 0 radical (unpaired) electrons. The minimum Gasteiger partial charge on any atom is -0.493 e. The van der Waals surface area contributed by atoms with Gasteiger partial charge in [-0.1, -0.05) is 17.3 Å². The molecule has 0 N–H and O–H groups in total. The highest BCUT2D eigenvalue weighted by atomic mass is 19.1. The summed E-state index contributed by atoms with van der Waals surface area (Å²) >= 11 is 0. The van der Waals surface area contributed by atoms with Crippen LogP contribution in [-0.4, -0.2) is 29.6 Å². The summed E-state index contributed by atoms with van der Waals surface area (Å²) in [6, 6.07) is 11.5. The lowest BCUT2D eigenvalue weighted by molar-refractivity contribution is 0.0734. The monoisotopic (exact) mass is 438 g/mol. The molecule has 1 aliphatic rings. The summed E-state index contributed by atoms with van der Waals surface area (Å²) in [4.78, 5) is 15.2. The Morgan fingerprint density at radius 3 is 2.53 bits per heavy atom. The molecule has 1 aliphatic carbocycles. The van der Waals surface area contributed by atoms with Gasteiger partial charge in [-0.3, -0.25) is 4.79 Å². The van der Waals surface area contributed by atoms with Crippen LogP contribution in [0.25, 0.3) is 0 Å². The summed E-state index contributed by atoms with van der Waals surface area (Å²) in [7, 11) is 1.55. The predicted octanol–water partition coefficient (Wildman–Crippen LogP) is 5.07. The summed E-state index contributed by atoms with van der Waals surface area (Å²) in [5.41, 5.74) is 3.09. The van der Waals surface area contributed by atoms with Crippen LogP contribution in [0.4, 0.5) is 4.39 Å². The Kier molecular flexibility index (Phi) is 6.44. The van der Waals surface area contributed by atoms with Crippen LogP contribution in [0.1, 0.15) is 45.8 Å². The normalized spacial score (nSPS) is 13.1. The van der Waals surface area contributed by atoms with Gasteiger partial charge < -0.3 is 18.9 Å². The molecule has 4 rings (SSSR count). The maximum atomic E-state index is 13.3. The van der Waals surface area contributed by atoms with Gasteiger partial charge in [-0.05, 0) is 68.5 Å². The average Bonchev–Trinajstić information content (AvgIpc) is 3.56. The van der Waals surface area contributed by atoms with E-state index in [4.69, 9.17) is 14.0 Å². The maximum Gasteiger partial charge on any atom is 0.254 e. The molecule has 0 atom stereocenters. The molecule has 0 unspecified atom stereocenters. The van der Waals surface area contributed by atoms with Gasteiger partial charge in [0, 0.05) is 18.7 Å². The van der Waals surface area contributed by atoms with Crippen LogP contribution in [0.5, 0.6) is 11.5 Å². The molecule has 0 aliphatic heterocycles. The van der Waals surface area contributed by atoms with Crippen LogP contribution in [0.3, 0.4) is 0 Å². The topological polar surface area (TPSA) is 64.8 Å². The number of carbonyl (C=O) groups excluding carboxylic acids is 1. The standard InChI is InChI=1S/C25H27FN2O4/c1-16-22(17(2)32-27-16)15-31-23-11-8-20(12-24(23)30-3)25(29)28(13-18-4-5-18)14-19-6-9-21(26)10-7-19/h6-12,18H,4-5,13-15H2,1-3H3. The number of nitrogens with zero attached hydrogens (tertiary/aromatic N) is 2. The SMILES string of the molecule is COc1cc(C(=O)N(Cc2ccc(F)cc2)CC2CC2)ccc1OCc1c(C)noc1C. The zero-order valence-corrected chi connectivity index (χ0v) is 18.6. The van der Waals surface area contributed by atoms with E-state index in [9.17, 15) is 9.18 Å². The van der Waals surface area contributed by atoms with E-state index in [0.717, 1.165) is 29.7 Å². The van der Waals surface area contributed by atoms with Crippen molar-refractivity contribution < 1.29 is 23.2 Å². The molecule has 0 saturated heterocycles. The number of amides is 1. The van der Waals surface area contributed by atoms with Crippen molar-refractivity contribution in [2.45, 2.75) is 39.8 Å². The van der Waals surface area contributed by atoms with Crippen LogP contribution in [0.2, 0.25) is 0 Å². The van der Waals surface area contributed by atoms with Gasteiger partial charge in [0.1, 0.15) is 18.2 Å². The molecular formula is C25H27FN2O4. The zero-order chi connectivity index (χ0) is 22.7. The van der Waals surface area contributed by atoms with E-state index in [1.54, 1.807) is 37.4 Å². The van der Waals surface area contributed by atoms with Crippen molar-refractivity contribution in [3.63, 3.8) is 0 Å². The van der Waals surface area contributed by atoms with E-state index in [2.05, 4.69) is 5.16 Å². The van der Waals surface area contributed by atoms with Crippen molar-refractivity contribution >= 4 is 5.91 Å². The van der Waals surface area contributed by atoms with Crippen LogP contribution >= 0.6 is 0 Å². The van der Waals surface area contributed by atoms with Gasteiger partial charge in [-0.15, -0.1) is 0 Å². The van der Waals surface area contributed by atoms with Gasteiger partial charge in [0.15, 0.2) is 11.5 Å². The molecule has 0 bridgehead atoms. The van der Waals surface area contributed by atoms with E-state index in [1.165, 1.54) is 12.1 Å². The second-order valence-corrected chi connectivity index (χ2v) is 8.21. The van der Waals surface area contributed by atoms with Crippen molar-refractivity contribution in [1.82, 2.24) is 10.1 Å². The molecule has 0 spiro atoms. The number of rotatable bonds is 9. The molecule has 168 valence electrons. The molecule has 7 heteroatoms. The third kappa shape index (κ3) is 5.10. The molecule has 3 aromatic rings. The lowest BCUT2D eigenvalue weighted by Gasteiger charge is -2.23. The predicted molar refractivity (Wildman–Crippen MR) is 117 cm³/mol. The zero-order valence-electron chi connectivity index (χ0n) is 18.6. The molecule has 1 saturated carbocycles. The highest BCUT2D eigenvalue weighted by Crippen LogP contribution is 2.33. The van der Waals surface area contributed by atoms with Crippen molar-refractivity contribution in [1.29, 1.82) is 0 Å². The number of hydrogen-bond donors (Lipinski definition) is 0. The largest absolute Gasteiger partial charge is 0.493 e. The number of halogens is 1. The highest BCUT2D eigenvalue weighted by molar-refractivity contribution is 5.95.